The third kappa shape index (κ3) is 2.40. The van der Waals surface area contributed by atoms with Gasteiger partial charge in [0, 0.05) is 21.2 Å². The van der Waals surface area contributed by atoms with E-state index in [1.807, 2.05) is 12.1 Å². The minimum Gasteiger partial charge on any atom is -0.379 e. The van der Waals surface area contributed by atoms with Crippen LogP contribution in [-0.2, 0) is 6.54 Å². The summed E-state index contributed by atoms with van der Waals surface area (Å²) < 4.78 is 3.31. The minimum atomic E-state index is 0.779. The van der Waals surface area contributed by atoms with E-state index in [9.17, 15) is 0 Å². The van der Waals surface area contributed by atoms with Crippen molar-refractivity contribution in [3.8, 4) is 0 Å². The second-order valence-electron chi connectivity index (χ2n) is 4.50. The molecule has 0 aliphatic carbocycles. The number of thiazole rings is 1. The van der Waals surface area contributed by atoms with E-state index < -0.39 is 0 Å². The number of imidazole rings is 1. The fourth-order valence-corrected chi connectivity index (χ4v) is 3.49. The molecule has 1 aromatic carbocycles. The van der Waals surface area contributed by atoms with Crippen LogP contribution in [0.4, 0.5) is 5.69 Å². The lowest BCUT2D eigenvalue weighted by Crippen LogP contribution is -2.04. The van der Waals surface area contributed by atoms with Crippen molar-refractivity contribution in [3.63, 3.8) is 0 Å². The zero-order valence-corrected chi connectivity index (χ0v) is 13.2. The summed E-state index contributed by atoms with van der Waals surface area (Å²) >= 11 is 5.17. The monoisotopic (exact) mass is 335 g/mol. The van der Waals surface area contributed by atoms with E-state index in [-0.39, 0.29) is 0 Å². The van der Waals surface area contributed by atoms with Crippen molar-refractivity contribution in [2.45, 2.75) is 20.4 Å². The van der Waals surface area contributed by atoms with Gasteiger partial charge in [0.05, 0.1) is 17.9 Å². The Hall–Kier alpha value is -1.33. The molecule has 0 atom stereocenters. The molecule has 2 aromatic heterocycles. The molecule has 5 heteroatoms. The first-order valence-electron chi connectivity index (χ1n) is 6.06. The Balaban J connectivity index is 1.89. The van der Waals surface area contributed by atoms with Gasteiger partial charge in [-0.15, -0.1) is 11.3 Å². The number of fused-ring (bicyclic) bond motifs is 1. The van der Waals surface area contributed by atoms with Crippen molar-refractivity contribution in [1.29, 1.82) is 0 Å². The number of hydrogen-bond acceptors (Lipinski definition) is 3. The zero-order chi connectivity index (χ0) is 13.4. The van der Waals surface area contributed by atoms with Gasteiger partial charge in [-0.25, -0.2) is 4.98 Å². The zero-order valence-electron chi connectivity index (χ0n) is 10.8. The molecule has 0 amide bonds. The lowest BCUT2D eigenvalue weighted by atomic mass is 10.3. The summed E-state index contributed by atoms with van der Waals surface area (Å²) in [6.07, 6.45) is 0. The predicted molar refractivity (Wildman–Crippen MR) is 84.0 cm³/mol. The number of nitrogens with one attached hydrogen (secondary N) is 1. The summed E-state index contributed by atoms with van der Waals surface area (Å²) in [6.45, 7) is 4.96. The third-order valence-corrected chi connectivity index (χ3v) is 4.55. The van der Waals surface area contributed by atoms with Gasteiger partial charge in [-0.2, -0.15) is 0 Å². The quantitative estimate of drug-likeness (QED) is 0.769. The van der Waals surface area contributed by atoms with Crippen molar-refractivity contribution in [3.05, 3.63) is 51.2 Å². The number of aromatic nitrogens is 2. The van der Waals surface area contributed by atoms with Crippen LogP contribution < -0.4 is 5.32 Å². The maximum Gasteiger partial charge on any atom is 0.194 e. The Morgan fingerprint density at radius 2 is 2.21 bits per heavy atom. The van der Waals surface area contributed by atoms with E-state index >= 15 is 0 Å². The van der Waals surface area contributed by atoms with Crippen LogP contribution in [0.5, 0.6) is 0 Å². The molecule has 0 aliphatic heterocycles. The molecule has 98 valence electrons. The van der Waals surface area contributed by atoms with Gasteiger partial charge in [0.25, 0.3) is 0 Å². The van der Waals surface area contributed by atoms with Gasteiger partial charge in [-0.3, -0.25) is 4.40 Å². The maximum absolute atomic E-state index is 4.60. The van der Waals surface area contributed by atoms with Gasteiger partial charge in [-0.1, -0.05) is 22.0 Å². The molecule has 1 N–H and O–H groups in total. The van der Waals surface area contributed by atoms with E-state index in [0.29, 0.717) is 0 Å². The molecule has 2 heterocycles. The number of anilines is 1. The average molecular weight is 336 g/mol. The highest BCUT2D eigenvalue weighted by Crippen LogP contribution is 2.22. The van der Waals surface area contributed by atoms with Crippen molar-refractivity contribution in [1.82, 2.24) is 9.38 Å². The summed E-state index contributed by atoms with van der Waals surface area (Å²) in [5.74, 6) is 0. The number of benzene rings is 1. The van der Waals surface area contributed by atoms with Gasteiger partial charge in [0.2, 0.25) is 0 Å². The molecule has 3 nitrogen and oxygen atoms in total. The van der Waals surface area contributed by atoms with E-state index in [1.54, 1.807) is 11.3 Å². The number of aryl methyl sites for hydroxylation is 2. The minimum absolute atomic E-state index is 0.779. The smallest absolute Gasteiger partial charge is 0.194 e. The first-order chi connectivity index (χ1) is 9.15. The van der Waals surface area contributed by atoms with Crippen molar-refractivity contribution in [2.24, 2.45) is 0 Å². The Bertz CT molecular complexity index is 729. The summed E-state index contributed by atoms with van der Waals surface area (Å²) in [7, 11) is 0. The van der Waals surface area contributed by atoms with E-state index in [2.05, 4.69) is 62.0 Å². The molecule has 0 unspecified atom stereocenters. The van der Waals surface area contributed by atoms with Crippen LogP contribution in [0.2, 0.25) is 0 Å². The van der Waals surface area contributed by atoms with Gasteiger partial charge < -0.3 is 5.32 Å². The summed E-state index contributed by atoms with van der Waals surface area (Å²) in [5.41, 5.74) is 4.68. The van der Waals surface area contributed by atoms with Crippen LogP contribution in [0.25, 0.3) is 4.96 Å². The number of halogens is 1. The van der Waals surface area contributed by atoms with E-state index in [1.165, 1.54) is 11.4 Å². The molecule has 0 saturated carbocycles. The van der Waals surface area contributed by atoms with Crippen LogP contribution in [-0.4, -0.2) is 9.38 Å². The fraction of sp³-hybridized carbons (Fsp3) is 0.214. The van der Waals surface area contributed by atoms with Gasteiger partial charge >= 0.3 is 0 Å². The second kappa shape index (κ2) is 4.98. The highest BCUT2D eigenvalue weighted by molar-refractivity contribution is 9.10. The fourth-order valence-electron chi connectivity index (χ4n) is 2.16. The van der Waals surface area contributed by atoms with Gasteiger partial charge in [0.1, 0.15) is 0 Å². The van der Waals surface area contributed by atoms with Crippen LogP contribution in [0.15, 0.2) is 34.1 Å². The molecule has 0 spiro atoms. The highest BCUT2D eigenvalue weighted by Gasteiger charge is 2.11. The van der Waals surface area contributed by atoms with Crippen LogP contribution in [0.1, 0.15) is 17.1 Å². The first kappa shape index (κ1) is 12.7. The molecule has 0 saturated heterocycles. The Morgan fingerprint density at radius 3 is 3.00 bits per heavy atom. The topological polar surface area (TPSA) is 29.3 Å². The first-order valence-corrected chi connectivity index (χ1v) is 7.74. The Morgan fingerprint density at radius 1 is 1.37 bits per heavy atom. The van der Waals surface area contributed by atoms with Crippen LogP contribution in [0.3, 0.4) is 0 Å². The average Bonchev–Trinajstić information content (AvgIpc) is 2.87. The molecule has 0 radical (unpaired) electrons. The van der Waals surface area contributed by atoms with E-state index in [0.717, 1.165) is 27.4 Å². The normalized spacial score (nSPS) is 11.1. The molecule has 0 aliphatic rings. The largest absolute Gasteiger partial charge is 0.379 e. The maximum atomic E-state index is 4.60. The molecular weight excluding hydrogens is 322 g/mol. The van der Waals surface area contributed by atoms with Crippen LogP contribution in [0, 0.1) is 13.8 Å². The SMILES string of the molecule is Cc1nc2scc(C)n2c1CNc1cccc(Br)c1. The molecule has 0 fully saturated rings. The Labute approximate surface area is 124 Å². The summed E-state index contributed by atoms with van der Waals surface area (Å²) in [5, 5.41) is 5.59. The van der Waals surface area contributed by atoms with Gasteiger partial charge in [-0.05, 0) is 32.0 Å². The van der Waals surface area contributed by atoms with Crippen molar-refractivity contribution < 1.29 is 0 Å². The number of nitrogens with zero attached hydrogens (tertiary/aromatic N) is 2. The predicted octanol–water partition coefficient (Wildman–Crippen LogP) is 4.39. The number of hydrogen-bond donors (Lipinski definition) is 1. The standard InChI is InChI=1S/C14H14BrN3S/c1-9-8-19-14-17-10(2)13(18(9)14)7-16-12-5-3-4-11(15)6-12/h3-6,8,16H,7H2,1-2H3. The molecule has 0 bridgehead atoms. The molecule has 19 heavy (non-hydrogen) atoms. The van der Waals surface area contributed by atoms with Gasteiger partial charge in [0.15, 0.2) is 4.96 Å². The number of rotatable bonds is 3. The Kier molecular flexibility index (Phi) is 3.33. The van der Waals surface area contributed by atoms with Crippen LogP contribution >= 0.6 is 27.3 Å². The molecular formula is C14H14BrN3S. The molecule has 3 aromatic rings. The summed E-state index contributed by atoms with van der Waals surface area (Å²) in [6, 6.07) is 8.20. The molecule has 3 rings (SSSR count). The van der Waals surface area contributed by atoms with Crippen molar-refractivity contribution in [2.75, 3.05) is 5.32 Å². The summed E-state index contributed by atoms with van der Waals surface area (Å²) in [4.78, 5) is 5.67. The third-order valence-electron chi connectivity index (χ3n) is 3.11. The van der Waals surface area contributed by atoms with Crippen molar-refractivity contribution >= 4 is 37.9 Å². The lowest BCUT2D eigenvalue weighted by Gasteiger charge is -2.07. The lowest BCUT2D eigenvalue weighted by molar-refractivity contribution is 0.966. The highest BCUT2D eigenvalue weighted by atomic mass is 79.9. The second-order valence-corrected chi connectivity index (χ2v) is 6.26. The van der Waals surface area contributed by atoms with E-state index in [4.69, 9.17) is 0 Å².